The van der Waals surface area contributed by atoms with E-state index in [0.717, 1.165) is 17.7 Å². The molecule has 6 nitrogen and oxygen atoms in total. The van der Waals surface area contributed by atoms with Crippen LogP contribution in [0.25, 0.3) is 5.69 Å². The minimum absolute atomic E-state index is 0.424. The Kier molecular flexibility index (Phi) is 7.72. The maximum absolute atomic E-state index is 12.1. The van der Waals surface area contributed by atoms with Gasteiger partial charge in [-0.05, 0) is 48.2 Å². The molecule has 8 heteroatoms. The SMILES string of the molecule is CCCOc1cc(=NC(=O)NSCc2ccc(Cl)cc2)cnn1-c1ccccc1. The summed E-state index contributed by atoms with van der Waals surface area (Å²) in [6, 6.07) is 18.4. The minimum atomic E-state index is -0.454. The molecule has 1 aromatic heterocycles. The second-order valence-corrected chi connectivity index (χ2v) is 7.30. The van der Waals surface area contributed by atoms with Crippen LogP contribution in [0.2, 0.25) is 5.02 Å². The van der Waals surface area contributed by atoms with E-state index in [1.807, 2.05) is 61.5 Å². The van der Waals surface area contributed by atoms with Gasteiger partial charge in [0.1, 0.15) is 0 Å². The number of aromatic nitrogens is 2. The highest BCUT2D eigenvalue weighted by Crippen LogP contribution is 2.15. The molecule has 29 heavy (non-hydrogen) atoms. The number of nitrogens with zero attached hydrogens (tertiary/aromatic N) is 3. The Balaban J connectivity index is 1.70. The van der Waals surface area contributed by atoms with Gasteiger partial charge in [-0.25, -0.2) is 9.48 Å². The smallest absolute Gasteiger partial charge is 0.351 e. The lowest BCUT2D eigenvalue weighted by molar-refractivity contribution is 0.253. The molecule has 0 aliphatic rings. The lowest BCUT2D eigenvalue weighted by atomic mass is 10.2. The molecule has 0 bridgehead atoms. The molecule has 0 saturated carbocycles. The summed E-state index contributed by atoms with van der Waals surface area (Å²) in [5.41, 5.74) is 1.92. The van der Waals surface area contributed by atoms with Crippen molar-refractivity contribution in [3.63, 3.8) is 0 Å². The minimum Gasteiger partial charge on any atom is -0.478 e. The Morgan fingerprint density at radius 2 is 1.97 bits per heavy atom. The van der Waals surface area contributed by atoms with Crippen LogP contribution in [0.5, 0.6) is 5.88 Å². The summed E-state index contributed by atoms with van der Waals surface area (Å²) in [6.07, 6.45) is 2.40. The second kappa shape index (κ2) is 10.7. The Morgan fingerprint density at radius 1 is 1.21 bits per heavy atom. The maximum Gasteiger partial charge on any atom is 0.351 e. The highest BCUT2D eigenvalue weighted by atomic mass is 35.5. The number of para-hydroxylation sites is 1. The fraction of sp³-hybridized carbons (Fsp3) is 0.190. The van der Waals surface area contributed by atoms with Crippen molar-refractivity contribution in [3.8, 4) is 11.6 Å². The van der Waals surface area contributed by atoms with Gasteiger partial charge in [-0.1, -0.05) is 48.9 Å². The molecule has 1 heterocycles. The number of rotatable bonds is 7. The van der Waals surface area contributed by atoms with Crippen molar-refractivity contribution >= 4 is 29.6 Å². The van der Waals surface area contributed by atoms with E-state index >= 15 is 0 Å². The summed E-state index contributed by atoms with van der Waals surface area (Å²) in [4.78, 5) is 16.2. The molecule has 3 rings (SSSR count). The summed E-state index contributed by atoms with van der Waals surface area (Å²) in [6.45, 7) is 2.57. The van der Waals surface area contributed by atoms with Crippen LogP contribution in [0.3, 0.4) is 0 Å². The Hall–Kier alpha value is -2.77. The van der Waals surface area contributed by atoms with Gasteiger partial charge >= 0.3 is 6.03 Å². The van der Waals surface area contributed by atoms with E-state index in [1.165, 1.54) is 18.1 Å². The highest BCUT2D eigenvalue weighted by Gasteiger charge is 2.06. The molecule has 0 saturated heterocycles. The zero-order valence-electron chi connectivity index (χ0n) is 15.9. The van der Waals surface area contributed by atoms with E-state index in [-0.39, 0.29) is 0 Å². The van der Waals surface area contributed by atoms with Crippen LogP contribution in [-0.4, -0.2) is 22.4 Å². The largest absolute Gasteiger partial charge is 0.478 e. The number of hydrogen-bond donors (Lipinski definition) is 1. The van der Waals surface area contributed by atoms with Crippen LogP contribution >= 0.6 is 23.5 Å². The van der Waals surface area contributed by atoms with Crippen molar-refractivity contribution < 1.29 is 9.53 Å². The Bertz CT molecular complexity index is 1010. The van der Waals surface area contributed by atoms with Gasteiger partial charge in [0.05, 0.1) is 23.8 Å². The maximum atomic E-state index is 12.1. The molecule has 0 spiro atoms. The molecule has 0 unspecified atom stereocenters. The predicted molar refractivity (Wildman–Crippen MR) is 116 cm³/mol. The van der Waals surface area contributed by atoms with Gasteiger partial charge < -0.3 is 4.74 Å². The molecular formula is C21H21ClN4O2S. The van der Waals surface area contributed by atoms with Crippen LogP contribution in [0.15, 0.2) is 71.9 Å². The van der Waals surface area contributed by atoms with Crippen LogP contribution in [0, 0.1) is 0 Å². The first-order valence-corrected chi connectivity index (χ1v) is 10.5. The number of ether oxygens (including phenoxy) is 1. The van der Waals surface area contributed by atoms with Crippen LogP contribution in [0.4, 0.5) is 4.79 Å². The van der Waals surface area contributed by atoms with Crippen molar-refractivity contribution in [2.45, 2.75) is 19.1 Å². The number of urea groups is 1. The normalized spacial score (nSPS) is 11.3. The number of hydrogen-bond acceptors (Lipinski definition) is 4. The van der Waals surface area contributed by atoms with Gasteiger partial charge in [0.25, 0.3) is 0 Å². The van der Waals surface area contributed by atoms with Gasteiger partial charge in [-0.3, -0.25) is 4.72 Å². The van der Waals surface area contributed by atoms with E-state index in [0.29, 0.717) is 28.6 Å². The molecule has 1 N–H and O–H groups in total. The lowest BCUT2D eigenvalue weighted by Crippen LogP contribution is -2.19. The molecule has 0 aliphatic carbocycles. The fourth-order valence-corrected chi connectivity index (χ4v) is 3.16. The summed E-state index contributed by atoms with van der Waals surface area (Å²) in [7, 11) is 0. The number of benzene rings is 2. The van der Waals surface area contributed by atoms with Crippen LogP contribution in [0.1, 0.15) is 18.9 Å². The van der Waals surface area contributed by atoms with E-state index in [4.69, 9.17) is 16.3 Å². The molecule has 150 valence electrons. The second-order valence-electron chi connectivity index (χ2n) is 6.08. The number of carbonyl (C=O) groups is 1. The average molecular weight is 429 g/mol. The van der Waals surface area contributed by atoms with Crippen LogP contribution in [-0.2, 0) is 5.75 Å². The zero-order valence-corrected chi connectivity index (χ0v) is 17.5. The van der Waals surface area contributed by atoms with Gasteiger partial charge in [-0.2, -0.15) is 10.1 Å². The standard InChI is InChI=1S/C21H21ClN4O2S/c1-2-12-28-20-13-18(14-23-26(20)19-6-4-3-5-7-19)24-21(27)25-29-15-16-8-10-17(22)11-9-16/h3-11,13-14H,2,12,15H2,1H3,(H,25,27). The Morgan fingerprint density at radius 3 is 2.69 bits per heavy atom. The summed E-state index contributed by atoms with van der Waals surface area (Å²) >= 11 is 7.14. The number of amides is 2. The monoisotopic (exact) mass is 428 g/mol. The topological polar surface area (TPSA) is 68.5 Å². The molecule has 3 aromatic rings. The molecule has 0 atom stereocenters. The van der Waals surface area contributed by atoms with Gasteiger partial charge in [-0.15, -0.1) is 0 Å². The quantitative estimate of drug-likeness (QED) is 0.550. The lowest BCUT2D eigenvalue weighted by Gasteiger charge is -2.12. The van der Waals surface area contributed by atoms with E-state index in [9.17, 15) is 4.79 Å². The summed E-state index contributed by atoms with van der Waals surface area (Å²) < 4.78 is 10.2. The molecular weight excluding hydrogens is 408 g/mol. The van der Waals surface area contributed by atoms with Gasteiger partial charge in [0.15, 0.2) is 0 Å². The first kappa shape index (κ1) is 21.0. The first-order chi connectivity index (χ1) is 14.2. The van der Waals surface area contributed by atoms with Crippen molar-refractivity contribution in [2.24, 2.45) is 4.99 Å². The van der Waals surface area contributed by atoms with Crippen molar-refractivity contribution in [1.82, 2.24) is 14.5 Å². The van der Waals surface area contributed by atoms with E-state index < -0.39 is 6.03 Å². The number of carbonyl (C=O) groups excluding carboxylic acids is 1. The average Bonchev–Trinajstić information content (AvgIpc) is 2.74. The third-order valence-corrected chi connectivity index (χ3v) is 4.83. The van der Waals surface area contributed by atoms with Gasteiger partial charge in [0, 0.05) is 16.8 Å². The summed E-state index contributed by atoms with van der Waals surface area (Å²) in [5.74, 6) is 1.14. The van der Waals surface area contributed by atoms with E-state index in [2.05, 4.69) is 14.8 Å². The molecule has 0 radical (unpaired) electrons. The Labute approximate surface area is 178 Å². The van der Waals surface area contributed by atoms with Crippen LogP contribution < -0.4 is 14.8 Å². The van der Waals surface area contributed by atoms with Gasteiger partial charge in [0.2, 0.25) is 5.88 Å². The first-order valence-electron chi connectivity index (χ1n) is 9.14. The van der Waals surface area contributed by atoms with Crippen molar-refractivity contribution in [3.05, 3.63) is 82.8 Å². The van der Waals surface area contributed by atoms with Crippen molar-refractivity contribution in [2.75, 3.05) is 6.61 Å². The predicted octanol–water partition coefficient (Wildman–Crippen LogP) is 4.77. The molecule has 2 aromatic carbocycles. The number of halogens is 1. The third kappa shape index (κ3) is 6.37. The molecule has 0 fully saturated rings. The summed E-state index contributed by atoms with van der Waals surface area (Å²) in [5, 5.41) is 5.50. The zero-order chi connectivity index (χ0) is 20.5. The van der Waals surface area contributed by atoms with Crippen molar-refractivity contribution in [1.29, 1.82) is 0 Å². The third-order valence-electron chi connectivity index (χ3n) is 3.78. The van der Waals surface area contributed by atoms with E-state index in [1.54, 1.807) is 10.7 Å². The highest BCUT2D eigenvalue weighted by molar-refractivity contribution is 7.97. The molecule has 0 aliphatic heterocycles. The fourth-order valence-electron chi connectivity index (χ4n) is 2.43. The number of nitrogens with one attached hydrogen (secondary N) is 1. The molecule has 2 amide bonds.